The summed E-state index contributed by atoms with van der Waals surface area (Å²) in [7, 11) is 4.86. The Morgan fingerprint density at radius 2 is 1.76 bits per heavy atom. The number of thiophene rings is 1. The Hall–Kier alpha value is -1.72. The van der Waals surface area contributed by atoms with Gasteiger partial charge in [0.15, 0.2) is 11.5 Å². The Balaban J connectivity index is 2.13. The van der Waals surface area contributed by atoms with Crippen molar-refractivity contribution in [3.8, 4) is 17.2 Å². The topological polar surface area (TPSA) is 39.7 Å². The summed E-state index contributed by atoms with van der Waals surface area (Å²) in [5.41, 5.74) is 2.39. The van der Waals surface area contributed by atoms with E-state index >= 15 is 0 Å². The van der Waals surface area contributed by atoms with Crippen LogP contribution in [0.2, 0.25) is 0 Å². The molecule has 0 radical (unpaired) electrons. The van der Waals surface area contributed by atoms with Gasteiger partial charge in [-0.15, -0.1) is 0 Å². The molecular weight excluding hydrogens is 286 g/mol. The molecule has 0 amide bonds. The summed E-state index contributed by atoms with van der Waals surface area (Å²) < 4.78 is 16.1. The summed E-state index contributed by atoms with van der Waals surface area (Å²) in [6.07, 6.45) is 0. The zero-order chi connectivity index (χ0) is 15.2. The van der Waals surface area contributed by atoms with Gasteiger partial charge in [0.2, 0.25) is 5.75 Å². The predicted octanol–water partition coefficient (Wildman–Crippen LogP) is 3.62. The third kappa shape index (κ3) is 3.68. The van der Waals surface area contributed by atoms with Gasteiger partial charge in [0, 0.05) is 12.6 Å². The highest BCUT2D eigenvalue weighted by molar-refractivity contribution is 7.07. The molecular formula is C16H21NO3S. The van der Waals surface area contributed by atoms with Crippen LogP contribution >= 0.6 is 11.3 Å². The lowest BCUT2D eigenvalue weighted by atomic mass is 10.1. The lowest BCUT2D eigenvalue weighted by molar-refractivity contribution is 0.323. The molecule has 0 spiro atoms. The molecule has 1 unspecified atom stereocenters. The predicted molar refractivity (Wildman–Crippen MR) is 85.7 cm³/mol. The summed E-state index contributed by atoms with van der Waals surface area (Å²) in [5.74, 6) is 1.98. The molecule has 1 aromatic heterocycles. The first-order valence-electron chi connectivity index (χ1n) is 6.74. The Labute approximate surface area is 129 Å². The van der Waals surface area contributed by atoms with Gasteiger partial charge >= 0.3 is 0 Å². The van der Waals surface area contributed by atoms with Crippen molar-refractivity contribution in [3.63, 3.8) is 0 Å². The molecule has 0 fully saturated rings. The van der Waals surface area contributed by atoms with Crippen LogP contribution in [-0.4, -0.2) is 21.3 Å². The summed E-state index contributed by atoms with van der Waals surface area (Å²) in [5, 5.41) is 7.75. The van der Waals surface area contributed by atoms with E-state index in [0.29, 0.717) is 23.3 Å². The summed E-state index contributed by atoms with van der Waals surface area (Å²) in [6.45, 7) is 2.88. The second kappa shape index (κ2) is 7.33. The van der Waals surface area contributed by atoms with E-state index in [-0.39, 0.29) is 0 Å². The molecule has 0 saturated heterocycles. The SMILES string of the molecule is COc1cc(CNC(C)c2ccsc2)cc(OC)c1OC. The molecule has 5 heteroatoms. The maximum Gasteiger partial charge on any atom is 0.203 e. The molecule has 0 saturated carbocycles. The van der Waals surface area contributed by atoms with E-state index in [2.05, 4.69) is 29.1 Å². The number of methoxy groups -OCH3 is 3. The average Bonchev–Trinajstić information content (AvgIpc) is 3.05. The lowest BCUT2D eigenvalue weighted by Gasteiger charge is -2.16. The van der Waals surface area contributed by atoms with Crippen LogP contribution in [0.25, 0.3) is 0 Å². The quantitative estimate of drug-likeness (QED) is 0.848. The molecule has 21 heavy (non-hydrogen) atoms. The van der Waals surface area contributed by atoms with Crippen LogP contribution in [-0.2, 0) is 6.54 Å². The van der Waals surface area contributed by atoms with Crippen LogP contribution in [0.15, 0.2) is 29.0 Å². The van der Waals surface area contributed by atoms with Crippen molar-refractivity contribution in [3.05, 3.63) is 40.1 Å². The van der Waals surface area contributed by atoms with Gasteiger partial charge < -0.3 is 19.5 Å². The Morgan fingerprint density at radius 1 is 1.10 bits per heavy atom. The largest absolute Gasteiger partial charge is 0.493 e. The van der Waals surface area contributed by atoms with Gasteiger partial charge in [0.25, 0.3) is 0 Å². The van der Waals surface area contributed by atoms with Crippen molar-refractivity contribution >= 4 is 11.3 Å². The van der Waals surface area contributed by atoms with Crippen LogP contribution < -0.4 is 19.5 Å². The van der Waals surface area contributed by atoms with E-state index < -0.39 is 0 Å². The van der Waals surface area contributed by atoms with Gasteiger partial charge in [-0.1, -0.05) is 0 Å². The first-order valence-corrected chi connectivity index (χ1v) is 7.68. The van der Waals surface area contributed by atoms with E-state index in [9.17, 15) is 0 Å². The minimum Gasteiger partial charge on any atom is -0.493 e. The van der Waals surface area contributed by atoms with E-state index in [1.54, 1.807) is 32.7 Å². The van der Waals surface area contributed by atoms with Crippen LogP contribution in [0.5, 0.6) is 17.2 Å². The van der Waals surface area contributed by atoms with Crippen LogP contribution in [0.1, 0.15) is 24.1 Å². The van der Waals surface area contributed by atoms with Gasteiger partial charge in [-0.2, -0.15) is 11.3 Å². The molecule has 1 aromatic carbocycles. The summed E-state index contributed by atoms with van der Waals surface area (Å²) in [6, 6.07) is 6.37. The van der Waals surface area contributed by atoms with E-state index in [0.717, 1.165) is 12.1 Å². The second-order valence-electron chi connectivity index (χ2n) is 4.69. The Bertz CT molecular complexity index is 544. The maximum absolute atomic E-state index is 5.37. The van der Waals surface area contributed by atoms with E-state index in [1.165, 1.54) is 5.56 Å². The average molecular weight is 307 g/mol. The first-order chi connectivity index (χ1) is 10.2. The first kappa shape index (κ1) is 15.7. The maximum atomic E-state index is 5.37. The summed E-state index contributed by atoms with van der Waals surface area (Å²) >= 11 is 1.71. The smallest absolute Gasteiger partial charge is 0.203 e. The Kier molecular flexibility index (Phi) is 5.47. The Morgan fingerprint density at radius 3 is 2.24 bits per heavy atom. The van der Waals surface area contributed by atoms with Crippen molar-refractivity contribution in [1.29, 1.82) is 0 Å². The van der Waals surface area contributed by atoms with Crippen molar-refractivity contribution in [1.82, 2.24) is 5.32 Å². The minimum absolute atomic E-state index is 0.301. The van der Waals surface area contributed by atoms with Crippen LogP contribution in [0, 0.1) is 0 Å². The van der Waals surface area contributed by atoms with Crippen LogP contribution in [0.3, 0.4) is 0 Å². The minimum atomic E-state index is 0.301. The van der Waals surface area contributed by atoms with Gasteiger partial charge in [0.1, 0.15) is 0 Å². The molecule has 0 aliphatic heterocycles. The molecule has 2 aromatic rings. The molecule has 4 nitrogen and oxygen atoms in total. The molecule has 1 atom stereocenters. The highest BCUT2D eigenvalue weighted by Crippen LogP contribution is 2.38. The number of hydrogen-bond acceptors (Lipinski definition) is 5. The fourth-order valence-electron chi connectivity index (χ4n) is 2.15. The van der Waals surface area contributed by atoms with Crippen molar-refractivity contribution in [2.75, 3.05) is 21.3 Å². The molecule has 0 bridgehead atoms. The lowest BCUT2D eigenvalue weighted by Crippen LogP contribution is -2.17. The highest BCUT2D eigenvalue weighted by atomic mass is 32.1. The monoisotopic (exact) mass is 307 g/mol. The third-order valence-corrected chi connectivity index (χ3v) is 4.08. The summed E-state index contributed by atoms with van der Waals surface area (Å²) in [4.78, 5) is 0. The molecule has 1 N–H and O–H groups in total. The third-order valence-electron chi connectivity index (χ3n) is 3.38. The van der Waals surface area contributed by atoms with Crippen molar-refractivity contribution in [2.24, 2.45) is 0 Å². The van der Waals surface area contributed by atoms with E-state index in [4.69, 9.17) is 14.2 Å². The molecule has 114 valence electrons. The fourth-order valence-corrected chi connectivity index (χ4v) is 2.90. The number of nitrogens with one attached hydrogen (secondary N) is 1. The van der Waals surface area contributed by atoms with Crippen molar-refractivity contribution in [2.45, 2.75) is 19.5 Å². The molecule has 2 rings (SSSR count). The molecule has 0 aliphatic rings. The number of rotatable bonds is 7. The zero-order valence-corrected chi connectivity index (χ0v) is 13.6. The van der Waals surface area contributed by atoms with E-state index in [1.807, 2.05) is 12.1 Å². The van der Waals surface area contributed by atoms with Gasteiger partial charge in [-0.05, 0) is 47.0 Å². The standard InChI is InChI=1S/C16H21NO3S/c1-11(13-5-6-21-10-13)17-9-12-7-14(18-2)16(20-4)15(8-12)19-3/h5-8,10-11,17H,9H2,1-4H3. The number of ether oxygens (including phenoxy) is 3. The molecule has 0 aliphatic carbocycles. The van der Waals surface area contributed by atoms with Gasteiger partial charge in [-0.25, -0.2) is 0 Å². The zero-order valence-electron chi connectivity index (χ0n) is 12.8. The fraction of sp³-hybridized carbons (Fsp3) is 0.375. The highest BCUT2D eigenvalue weighted by Gasteiger charge is 2.13. The number of hydrogen-bond donors (Lipinski definition) is 1. The van der Waals surface area contributed by atoms with Crippen LogP contribution in [0.4, 0.5) is 0 Å². The van der Waals surface area contributed by atoms with Gasteiger partial charge in [-0.3, -0.25) is 0 Å². The normalized spacial score (nSPS) is 12.0. The van der Waals surface area contributed by atoms with Gasteiger partial charge in [0.05, 0.1) is 21.3 Å². The molecule has 1 heterocycles. The second-order valence-corrected chi connectivity index (χ2v) is 5.47. The van der Waals surface area contributed by atoms with Crippen molar-refractivity contribution < 1.29 is 14.2 Å². The number of benzene rings is 1.